The summed E-state index contributed by atoms with van der Waals surface area (Å²) in [4.78, 5) is 8.30. The molecule has 130 valence electrons. The van der Waals surface area contributed by atoms with Gasteiger partial charge in [0.05, 0.1) is 12.9 Å². The first kappa shape index (κ1) is 17.8. The van der Waals surface area contributed by atoms with Gasteiger partial charge in [0.2, 0.25) is 0 Å². The lowest BCUT2D eigenvalue weighted by molar-refractivity contribution is 0.336. The lowest BCUT2D eigenvalue weighted by Gasteiger charge is -2.15. The third-order valence-electron chi connectivity index (χ3n) is 3.64. The molecule has 6 heteroatoms. The Morgan fingerprint density at radius 2 is 2.21 bits per heavy atom. The van der Waals surface area contributed by atoms with Crippen LogP contribution in [0.15, 0.2) is 41.9 Å². The number of hydrogen-bond donors (Lipinski definition) is 2. The number of nitrogens with one attached hydrogen (secondary N) is 2. The summed E-state index contributed by atoms with van der Waals surface area (Å²) in [6.45, 7) is 7.20. The van der Waals surface area contributed by atoms with E-state index in [1.807, 2.05) is 19.4 Å². The predicted molar refractivity (Wildman–Crippen MR) is 97.4 cm³/mol. The maximum atomic E-state index is 5.71. The minimum Gasteiger partial charge on any atom is -0.494 e. The van der Waals surface area contributed by atoms with Crippen molar-refractivity contribution in [2.24, 2.45) is 4.99 Å². The molecule has 0 atom stereocenters. The Labute approximate surface area is 144 Å². The van der Waals surface area contributed by atoms with Crippen molar-refractivity contribution in [3.05, 3.63) is 48.0 Å². The average Bonchev–Trinajstić information content (AvgIpc) is 3.09. The number of guanidine groups is 1. The zero-order chi connectivity index (χ0) is 17.2. The molecule has 2 aromatic rings. The quantitative estimate of drug-likeness (QED) is 0.443. The Kier molecular flexibility index (Phi) is 7.14. The van der Waals surface area contributed by atoms with Crippen LogP contribution >= 0.6 is 0 Å². The van der Waals surface area contributed by atoms with E-state index in [0.717, 1.165) is 36.8 Å². The molecule has 0 bridgehead atoms. The average molecular weight is 329 g/mol. The number of rotatable bonds is 8. The fourth-order valence-electron chi connectivity index (χ4n) is 2.38. The number of hydrogen-bond acceptors (Lipinski definition) is 3. The Balaban J connectivity index is 1.78. The fourth-order valence-corrected chi connectivity index (χ4v) is 2.38. The van der Waals surface area contributed by atoms with E-state index in [1.54, 1.807) is 13.2 Å². The summed E-state index contributed by atoms with van der Waals surface area (Å²) >= 11 is 0. The van der Waals surface area contributed by atoms with Crippen molar-refractivity contribution in [3.63, 3.8) is 0 Å². The highest BCUT2D eigenvalue weighted by Gasteiger charge is 2.05. The molecule has 0 aliphatic carbocycles. The van der Waals surface area contributed by atoms with Crippen LogP contribution in [0.25, 0.3) is 0 Å². The maximum Gasteiger partial charge on any atom is 0.191 e. The van der Waals surface area contributed by atoms with Crippen LogP contribution in [-0.4, -0.2) is 35.7 Å². The third-order valence-corrected chi connectivity index (χ3v) is 3.64. The Hall–Kier alpha value is -2.50. The van der Waals surface area contributed by atoms with E-state index in [4.69, 9.17) is 4.74 Å². The second kappa shape index (κ2) is 9.60. The second-order valence-corrected chi connectivity index (χ2v) is 5.55. The molecule has 2 rings (SSSR count). The maximum absolute atomic E-state index is 5.71. The zero-order valence-corrected chi connectivity index (χ0v) is 14.7. The molecule has 1 aromatic heterocycles. The van der Waals surface area contributed by atoms with Crippen LogP contribution in [-0.2, 0) is 13.1 Å². The highest BCUT2D eigenvalue weighted by molar-refractivity contribution is 5.79. The lowest BCUT2D eigenvalue weighted by atomic mass is 10.1. The molecule has 0 spiro atoms. The van der Waals surface area contributed by atoms with Crippen LogP contribution in [0.2, 0.25) is 0 Å². The van der Waals surface area contributed by atoms with E-state index in [-0.39, 0.29) is 0 Å². The molecule has 0 fully saturated rings. The summed E-state index contributed by atoms with van der Waals surface area (Å²) in [5, 5.41) is 6.67. The molecule has 24 heavy (non-hydrogen) atoms. The summed E-state index contributed by atoms with van der Waals surface area (Å²) in [6, 6.07) is 6.27. The highest BCUT2D eigenvalue weighted by Crippen LogP contribution is 2.20. The Bertz CT molecular complexity index is 637. The van der Waals surface area contributed by atoms with Crippen molar-refractivity contribution in [1.29, 1.82) is 0 Å². The normalized spacial score (nSPS) is 11.4. The van der Waals surface area contributed by atoms with Gasteiger partial charge in [-0.25, -0.2) is 4.98 Å². The van der Waals surface area contributed by atoms with Gasteiger partial charge in [-0.05, 0) is 31.9 Å². The van der Waals surface area contributed by atoms with Crippen molar-refractivity contribution in [2.45, 2.75) is 33.4 Å². The Morgan fingerprint density at radius 1 is 1.33 bits per heavy atom. The molecule has 1 heterocycles. The van der Waals surface area contributed by atoms with Gasteiger partial charge in [0.1, 0.15) is 5.75 Å². The zero-order valence-electron chi connectivity index (χ0n) is 14.7. The summed E-state index contributed by atoms with van der Waals surface area (Å²) < 4.78 is 7.78. The first-order valence-electron chi connectivity index (χ1n) is 8.35. The van der Waals surface area contributed by atoms with Gasteiger partial charge < -0.3 is 19.9 Å². The molecule has 1 aromatic carbocycles. The summed E-state index contributed by atoms with van der Waals surface area (Å²) in [5.74, 6) is 1.73. The molecule has 0 unspecified atom stereocenters. The molecular weight excluding hydrogens is 302 g/mol. The largest absolute Gasteiger partial charge is 0.494 e. The smallest absolute Gasteiger partial charge is 0.191 e. The van der Waals surface area contributed by atoms with Crippen LogP contribution in [0, 0.1) is 6.92 Å². The first-order chi connectivity index (χ1) is 11.7. The molecule has 0 aliphatic heterocycles. The number of aryl methyl sites for hydroxylation is 2. The van der Waals surface area contributed by atoms with Gasteiger partial charge in [-0.3, -0.25) is 4.99 Å². The molecule has 0 radical (unpaired) electrons. The van der Waals surface area contributed by atoms with Crippen molar-refractivity contribution >= 4 is 5.96 Å². The van der Waals surface area contributed by atoms with E-state index in [1.165, 1.54) is 5.56 Å². The summed E-state index contributed by atoms with van der Waals surface area (Å²) in [5.41, 5.74) is 2.33. The van der Waals surface area contributed by atoms with Crippen LogP contribution in [0.4, 0.5) is 0 Å². The van der Waals surface area contributed by atoms with Gasteiger partial charge >= 0.3 is 0 Å². The predicted octanol–water partition coefficient (Wildman–Crippen LogP) is 2.35. The topological polar surface area (TPSA) is 63.5 Å². The van der Waals surface area contributed by atoms with Crippen LogP contribution in [0.1, 0.15) is 24.5 Å². The number of nitrogens with zero attached hydrogens (tertiary/aromatic N) is 3. The van der Waals surface area contributed by atoms with E-state index in [0.29, 0.717) is 13.2 Å². The van der Waals surface area contributed by atoms with Crippen LogP contribution in [0.5, 0.6) is 5.75 Å². The minimum atomic E-state index is 0.664. The molecule has 6 nitrogen and oxygen atoms in total. The monoisotopic (exact) mass is 329 g/mol. The van der Waals surface area contributed by atoms with Crippen LogP contribution < -0.4 is 15.4 Å². The third kappa shape index (κ3) is 5.61. The van der Waals surface area contributed by atoms with Gasteiger partial charge in [-0.1, -0.05) is 12.1 Å². The van der Waals surface area contributed by atoms with Gasteiger partial charge in [0, 0.05) is 44.6 Å². The van der Waals surface area contributed by atoms with Gasteiger partial charge in [-0.2, -0.15) is 0 Å². The molecule has 0 saturated carbocycles. The molecule has 0 aliphatic rings. The van der Waals surface area contributed by atoms with E-state index < -0.39 is 0 Å². The van der Waals surface area contributed by atoms with Crippen LogP contribution in [0.3, 0.4) is 0 Å². The standard InChI is InChI=1S/C18H27N5O/c1-4-24-17-12-15(2)6-7-16(17)13-22-18(19-3)21-8-5-10-23-11-9-20-14-23/h6-7,9,11-12,14H,4-5,8,10,13H2,1-3H3,(H2,19,21,22). The molecule has 0 amide bonds. The first-order valence-corrected chi connectivity index (χ1v) is 8.35. The minimum absolute atomic E-state index is 0.664. The van der Waals surface area contributed by atoms with Crippen molar-refractivity contribution in [2.75, 3.05) is 20.2 Å². The lowest BCUT2D eigenvalue weighted by Crippen LogP contribution is -2.37. The number of ether oxygens (including phenoxy) is 1. The van der Waals surface area contributed by atoms with Crippen molar-refractivity contribution in [1.82, 2.24) is 20.2 Å². The SMILES string of the molecule is CCOc1cc(C)ccc1CNC(=NC)NCCCn1ccnc1. The summed E-state index contributed by atoms with van der Waals surface area (Å²) in [7, 11) is 1.78. The fraction of sp³-hybridized carbons (Fsp3) is 0.444. The highest BCUT2D eigenvalue weighted by atomic mass is 16.5. The van der Waals surface area contributed by atoms with Crippen molar-refractivity contribution in [3.8, 4) is 5.75 Å². The van der Waals surface area contributed by atoms with Crippen molar-refractivity contribution < 1.29 is 4.74 Å². The second-order valence-electron chi connectivity index (χ2n) is 5.55. The molecular formula is C18H27N5O. The van der Waals surface area contributed by atoms with Gasteiger partial charge in [0.15, 0.2) is 5.96 Å². The molecule has 2 N–H and O–H groups in total. The summed E-state index contributed by atoms with van der Waals surface area (Å²) in [6.07, 6.45) is 6.61. The van der Waals surface area contributed by atoms with Gasteiger partial charge in [0.25, 0.3) is 0 Å². The number of imidazole rings is 1. The molecule has 0 saturated heterocycles. The van der Waals surface area contributed by atoms with E-state index in [2.05, 4.69) is 50.3 Å². The van der Waals surface area contributed by atoms with Gasteiger partial charge in [-0.15, -0.1) is 0 Å². The van der Waals surface area contributed by atoms with E-state index >= 15 is 0 Å². The number of aromatic nitrogens is 2. The number of aliphatic imine (C=N–C) groups is 1. The Morgan fingerprint density at radius 3 is 2.92 bits per heavy atom. The van der Waals surface area contributed by atoms with E-state index in [9.17, 15) is 0 Å². The number of benzene rings is 1.